The number of benzene rings is 3. The van der Waals surface area contributed by atoms with E-state index in [2.05, 4.69) is 77.1 Å². The zero-order valence-corrected chi connectivity index (χ0v) is 30.6. The van der Waals surface area contributed by atoms with Crippen molar-refractivity contribution in [3.05, 3.63) is 89.3 Å². The molecular weight excluding hydrogens is 735 g/mol. The molecule has 5 rings (SSSR count). The quantitative estimate of drug-likeness (QED) is 0.0919. The third-order valence-electron chi connectivity index (χ3n) is 7.58. The van der Waals surface area contributed by atoms with E-state index in [0.29, 0.717) is 36.5 Å². The molecule has 0 unspecified atom stereocenters. The second kappa shape index (κ2) is 15.8. The minimum Gasteiger partial charge on any atom is -0.512 e. The molecule has 3 aromatic carbocycles. The van der Waals surface area contributed by atoms with Crippen molar-refractivity contribution >= 4 is 38.5 Å². The molecule has 45 heavy (non-hydrogen) atoms. The maximum Gasteiger partial charge on any atom is 0.159 e. The van der Waals surface area contributed by atoms with Gasteiger partial charge in [0, 0.05) is 50.6 Å². The molecule has 0 bridgehead atoms. The number of hydrogen-bond acceptors (Lipinski definition) is 4. The van der Waals surface area contributed by atoms with Crippen molar-refractivity contribution in [3.63, 3.8) is 0 Å². The van der Waals surface area contributed by atoms with Crippen molar-refractivity contribution in [1.29, 1.82) is 0 Å². The molecule has 0 amide bonds. The standard InChI is InChI=1S/C29H28NO.C11H20O2.Ir/c1-17(2)12-20-10-11-22-23(15-20)26(18(3)4)16-30-28(22)25-14-19(5)13-24-21-8-6-7-9-27(21)31-29(24)25;1-8(2)5-10(12)7-11(13)6-9(3)4;/h6-11,13,15-18H,12H2,1-5H3;7-9,12H,5-6H2,1-4H3;/q-1;;/b;10-7-;. The number of para-hydroxylation sites is 1. The number of fused-ring (bicyclic) bond motifs is 4. The zero-order chi connectivity index (χ0) is 32.1. The molecule has 0 saturated carbocycles. The van der Waals surface area contributed by atoms with Crippen LogP contribution >= 0.6 is 0 Å². The molecule has 0 aliphatic carbocycles. The van der Waals surface area contributed by atoms with Gasteiger partial charge in [-0.3, -0.25) is 4.79 Å². The third kappa shape index (κ3) is 9.15. The van der Waals surface area contributed by atoms with Gasteiger partial charge in [0.25, 0.3) is 0 Å². The van der Waals surface area contributed by atoms with Gasteiger partial charge in [-0.1, -0.05) is 110 Å². The third-order valence-corrected chi connectivity index (χ3v) is 7.58. The summed E-state index contributed by atoms with van der Waals surface area (Å²) in [7, 11) is 0. The zero-order valence-electron chi connectivity index (χ0n) is 28.2. The van der Waals surface area contributed by atoms with Crippen LogP contribution in [-0.4, -0.2) is 15.9 Å². The second-order valence-electron chi connectivity index (χ2n) is 13.7. The molecule has 0 spiro atoms. The minimum absolute atomic E-state index is 0. The smallest absolute Gasteiger partial charge is 0.159 e. The number of allylic oxidation sites excluding steroid dienone is 2. The Morgan fingerprint density at radius 2 is 1.56 bits per heavy atom. The number of aliphatic hydroxyl groups is 1. The number of ketones is 1. The fourth-order valence-corrected chi connectivity index (χ4v) is 5.76. The van der Waals surface area contributed by atoms with E-state index in [0.717, 1.165) is 45.2 Å². The van der Waals surface area contributed by atoms with Crippen LogP contribution in [0.3, 0.4) is 0 Å². The van der Waals surface area contributed by atoms with E-state index in [-0.39, 0.29) is 31.6 Å². The first-order valence-corrected chi connectivity index (χ1v) is 16.0. The van der Waals surface area contributed by atoms with Gasteiger partial charge in [0.15, 0.2) is 5.78 Å². The molecule has 5 aromatic rings. The summed E-state index contributed by atoms with van der Waals surface area (Å²) in [5.41, 5.74) is 7.42. The number of aromatic nitrogens is 1. The topological polar surface area (TPSA) is 63.3 Å². The van der Waals surface area contributed by atoms with Crippen LogP contribution in [0.4, 0.5) is 0 Å². The predicted molar refractivity (Wildman–Crippen MR) is 185 cm³/mol. The van der Waals surface area contributed by atoms with Gasteiger partial charge in [-0.25, -0.2) is 0 Å². The van der Waals surface area contributed by atoms with Gasteiger partial charge in [-0.15, -0.1) is 17.7 Å². The van der Waals surface area contributed by atoms with Gasteiger partial charge in [0.2, 0.25) is 0 Å². The molecule has 4 nitrogen and oxygen atoms in total. The van der Waals surface area contributed by atoms with Gasteiger partial charge in [0.1, 0.15) is 5.58 Å². The number of pyridine rings is 1. The molecule has 5 heteroatoms. The Labute approximate surface area is 282 Å². The molecule has 0 aliphatic rings. The summed E-state index contributed by atoms with van der Waals surface area (Å²) < 4.78 is 6.32. The van der Waals surface area contributed by atoms with Crippen LogP contribution in [0.15, 0.2) is 71.0 Å². The van der Waals surface area contributed by atoms with Crippen molar-refractivity contribution in [1.82, 2.24) is 4.98 Å². The molecule has 0 atom stereocenters. The minimum atomic E-state index is 0. The van der Waals surface area contributed by atoms with Crippen molar-refractivity contribution in [2.24, 2.45) is 17.8 Å². The fraction of sp³-hybridized carbons (Fsp3) is 0.400. The number of aryl methyl sites for hydroxylation is 1. The maximum atomic E-state index is 11.2. The van der Waals surface area contributed by atoms with Gasteiger partial charge in [-0.05, 0) is 63.8 Å². The summed E-state index contributed by atoms with van der Waals surface area (Å²) in [6.45, 7) is 19.1. The molecule has 241 valence electrons. The summed E-state index contributed by atoms with van der Waals surface area (Å²) >= 11 is 0. The van der Waals surface area contributed by atoms with Crippen LogP contribution in [0.1, 0.15) is 90.8 Å². The van der Waals surface area contributed by atoms with Gasteiger partial charge in [0.05, 0.1) is 11.3 Å². The summed E-state index contributed by atoms with van der Waals surface area (Å²) in [5, 5.41) is 14.1. The van der Waals surface area contributed by atoms with E-state index in [1.54, 1.807) is 0 Å². The summed E-state index contributed by atoms with van der Waals surface area (Å²) in [5.74, 6) is 2.01. The predicted octanol–water partition coefficient (Wildman–Crippen LogP) is 11.3. The van der Waals surface area contributed by atoms with Crippen molar-refractivity contribution in [2.75, 3.05) is 0 Å². The van der Waals surface area contributed by atoms with Crippen LogP contribution in [0.25, 0.3) is 44.0 Å². The van der Waals surface area contributed by atoms with E-state index in [1.807, 2.05) is 46.0 Å². The Hall–Kier alpha value is -3.27. The van der Waals surface area contributed by atoms with Gasteiger partial charge in [-0.2, -0.15) is 0 Å². The largest absolute Gasteiger partial charge is 0.512 e. The normalized spacial score (nSPS) is 12.0. The maximum absolute atomic E-state index is 11.2. The number of carbonyl (C=O) groups is 1. The van der Waals surface area contributed by atoms with Crippen LogP contribution in [-0.2, 0) is 31.3 Å². The molecule has 0 fully saturated rings. The van der Waals surface area contributed by atoms with Crippen LogP contribution in [0, 0.1) is 30.7 Å². The SMILES string of the molecule is CC(C)CC(=O)/C=C(\O)CC(C)C.Cc1[c-]c(-c2ncc(C(C)C)c3cc(CC(C)C)ccc23)c2oc3ccccc3c2c1.[Ir]. The molecule has 0 saturated heterocycles. The molecule has 0 aliphatic heterocycles. The van der Waals surface area contributed by atoms with Crippen LogP contribution in [0.5, 0.6) is 0 Å². The number of carbonyl (C=O) groups excluding carboxylic acids is 1. The average Bonchev–Trinajstić information content (AvgIpc) is 3.29. The molecule has 2 heterocycles. The summed E-state index contributed by atoms with van der Waals surface area (Å²) in [6.07, 6.45) is 5.59. The Morgan fingerprint density at radius 1 is 0.867 bits per heavy atom. The Balaban J connectivity index is 0.000000338. The first-order chi connectivity index (χ1) is 20.8. The number of furan rings is 1. The number of hydrogen-bond donors (Lipinski definition) is 1. The van der Waals surface area contributed by atoms with Crippen LogP contribution in [0.2, 0.25) is 0 Å². The van der Waals surface area contributed by atoms with E-state index in [4.69, 9.17) is 9.40 Å². The van der Waals surface area contributed by atoms with Crippen molar-refractivity contribution in [2.45, 2.75) is 87.5 Å². The Kier molecular flexibility index (Phi) is 12.7. The van der Waals surface area contributed by atoms with E-state index in [9.17, 15) is 9.90 Å². The molecule has 2 aromatic heterocycles. The molecule has 1 radical (unpaired) electrons. The number of nitrogens with zero attached hydrogens (tertiary/aromatic N) is 1. The Morgan fingerprint density at radius 3 is 2.20 bits per heavy atom. The first kappa shape index (κ1) is 36.2. The molecule has 1 N–H and O–H groups in total. The summed E-state index contributed by atoms with van der Waals surface area (Å²) in [6, 6.07) is 20.8. The van der Waals surface area contributed by atoms with Gasteiger partial charge >= 0.3 is 0 Å². The van der Waals surface area contributed by atoms with Crippen molar-refractivity contribution < 1.29 is 34.4 Å². The first-order valence-electron chi connectivity index (χ1n) is 16.0. The van der Waals surface area contributed by atoms with Crippen LogP contribution < -0.4 is 0 Å². The van der Waals surface area contributed by atoms with E-state index < -0.39 is 0 Å². The second-order valence-corrected chi connectivity index (χ2v) is 13.7. The molecular formula is C40H48IrNO3-. The number of aliphatic hydroxyl groups excluding tert-OH is 1. The Bertz CT molecular complexity index is 1790. The average molecular weight is 783 g/mol. The van der Waals surface area contributed by atoms with Gasteiger partial charge < -0.3 is 14.5 Å². The summed E-state index contributed by atoms with van der Waals surface area (Å²) in [4.78, 5) is 16.2. The van der Waals surface area contributed by atoms with Crippen molar-refractivity contribution in [3.8, 4) is 11.3 Å². The number of rotatable bonds is 9. The fourth-order valence-electron chi connectivity index (χ4n) is 5.76. The van der Waals surface area contributed by atoms with E-state index >= 15 is 0 Å². The van der Waals surface area contributed by atoms with E-state index in [1.165, 1.54) is 28.0 Å². The monoisotopic (exact) mass is 783 g/mol.